The molecule has 2 aromatic rings. The maximum Gasteiger partial charge on any atom is 0.407 e. The summed E-state index contributed by atoms with van der Waals surface area (Å²) in [6, 6.07) is 11.1. The van der Waals surface area contributed by atoms with Crippen LogP contribution in [0, 0.1) is 0 Å². The summed E-state index contributed by atoms with van der Waals surface area (Å²) in [4.78, 5) is 70.4. The number of alkyl carbamates (subject to hydrolysis) is 1. The summed E-state index contributed by atoms with van der Waals surface area (Å²) in [5, 5.41) is 20.9. The minimum absolute atomic E-state index is 0.00439. The van der Waals surface area contributed by atoms with E-state index in [4.69, 9.17) is 24.8 Å². The lowest BCUT2D eigenvalue weighted by Crippen LogP contribution is -2.49. The third kappa shape index (κ3) is 17.6. The Balaban J connectivity index is 1.42. The van der Waals surface area contributed by atoms with Crippen LogP contribution in [0.1, 0.15) is 72.9 Å². The number of nitrogens with one attached hydrogen (secondary N) is 7. The zero-order valence-corrected chi connectivity index (χ0v) is 33.8. The van der Waals surface area contributed by atoms with Crippen molar-refractivity contribution in [2.45, 2.75) is 76.8 Å². The molecular formula is C39H63N9O9. The van der Waals surface area contributed by atoms with Crippen LogP contribution in [0.15, 0.2) is 47.3 Å². The van der Waals surface area contributed by atoms with Gasteiger partial charge in [-0.05, 0) is 97.4 Å². The number of aromatic nitrogens is 1. The van der Waals surface area contributed by atoms with E-state index in [2.05, 4.69) is 37.2 Å². The molecule has 0 aliphatic carbocycles. The average Bonchev–Trinajstić information content (AvgIpc) is 3.63. The molecule has 1 aliphatic heterocycles. The lowest BCUT2D eigenvalue weighted by molar-refractivity contribution is -0.123. The van der Waals surface area contributed by atoms with Gasteiger partial charge in [0.1, 0.15) is 23.5 Å². The Kier molecular flexibility index (Phi) is 21.0. The SMILES string of the molecule is CN[C@H]1COC[C@H]1NC(=O)c1ccc(C(=O)NCCCNCCCC(NCCCN)C(=O)NCCOCCNC(=O)OC(C)(C)C)n(OCc2ccccc2)c1=O. The monoisotopic (exact) mass is 801 g/mol. The molecule has 1 aliphatic rings. The van der Waals surface area contributed by atoms with Crippen molar-refractivity contribution < 1.29 is 38.2 Å². The van der Waals surface area contributed by atoms with Gasteiger partial charge in [-0.2, -0.15) is 0 Å². The summed E-state index contributed by atoms with van der Waals surface area (Å²) in [6.07, 6.45) is 2.15. The van der Waals surface area contributed by atoms with E-state index in [1.54, 1.807) is 27.8 Å². The first-order valence-corrected chi connectivity index (χ1v) is 19.7. The highest BCUT2D eigenvalue weighted by Crippen LogP contribution is 2.09. The van der Waals surface area contributed by atoms with Crippen molar-refractivity contribution >= 4 is 23.8 Å². The highest BCUT2D eigenvalue weighted by molar-refractivity contribution is 5.96. The topological polar surface area (TPSA) is 237 Å². The molecule has 1 saturated heterocycles. The quantitative estimate of drug-likeness (QED) is 0.0569. The molecule has 0 radical (unpaired) electrons. The van der Waals surface area contributed by atoms with Crippen molar-refractivity contribution in [3.05, 3.63) is 69.6 Å². The highest BCUT2D eigenvalue weighted by atomic mass is 16.7. The van der Waals surface area contributed by atoms with Crippen LogP contribution in [0.25, 0.3) is 0 Å². The van der Waals surface area contributed by atoms with Gasteiger partial charge in [-0.1, -0.05) is 30.3 Å². The molecule has 1 aromatic heterocycles. The second kappa shape index (κ2) is 25.6. The van der Waals surface area contributed by atoms with E-state index >= 15 is 0 Å². The van der Waals surface area contributed by atoms with E-state index in [-0.39, 0.29) is 42.5 Å². The number of rotatable bonds is 26. The number of amides is 4. The number of nitrogens with zero attached hydrogens (tertiary/aromatic N) is 1. The molecule has 3 rings (SSSR count). The van der Waals surface area contributed by atoms with Crippen LogP contribution in [0.3, 0.4) is 0 Å². The van der Waals surface area contributed by atoms with Crippen molar-refractivity contribution in [2.75, 3.05) is 79.3 Å². The summed E-state index contributed by atoms with van der Waals surface area (Å²) in [7, 11) is 1.77. The van der Waals surface area contributed by atoms with E-state index < -0.39 is 35.1 Å². The lowest BCUT2D eigenvalue weighted by Gasteiger charge is -2.20. The Morgan fingerprint density at radius 3 is 2.30 bits per heavy atom. The van der Waals surface area contributed by atoms with Gasteiger partial charge in [0.2, 0.25) is 5.91 Å². The molecule has 18 nitrogen and oxygen atoms in total. The van der Waals surface area contributed by atoms with Gasteiger partial charge >= 0.3 is 6.09 Å². The summed E-state index contributed by atoms with van der Waals surface area (Å²) in [6.45, 7) is 10.0. The predicted octanol–water partition coefficient (Wildman–Crippen LogP) is -0.352. The number of ether oxygens (including phenoxy) is 3. The van der Waals surface area contributed by atoms with Gasteiger partial charge in [0.15, 0.2) is 0 Å². The largest absolute Gasteiger partial charge is 0.444 e. The number of carbonyl (C=O) groups is 4. The van der Waals surface area contributed by atoms with E-state index in [1.807, 2.05) is 30.3 Å². The molecule has 2 heterocycles. The molecular weight excluding hydrogens is 738 g/mol. The first-order chi connectivity index (χ1) is 27.4. The molecule has 18 heteroatoms. The summed E-state index contributed by atoms with van der Waals surface area (Å²) in [5.74, 6) is -1.24. The highest BCUT2D eigenvalue weighted by Gasteiger charge is 2.30. The van der Waals surface area contributed by atoms with Crippen molar-refractivity contribution in [2.24, 2.45) is 5.73 Å². The second-order valence-electron chi connectivity index (χ2n) is 14.5. The van der Waals surface area contributed by atoms with Crippen LogP contribution in [-0.2, 0) is 25.6 Å². The first-order valence-electron chi connectivity index (χ1n) is 19.7. The Hall–Kier alpha value is -4.59. The van der Waals surface area contributed by atoms with Crippen LogP contribution < -0.4 is 53.3 Å². The smallest absolute Gasteiger partial charge is 0.407 e. The fraction of sp³-hybridized carbons (Fsp3) is 0.615. The van der Waals surface area contributed by atoms with Gasteiger partial charge in [0.25, 0.3) is 17.4 Å². The number of nitrogens with two attached hydrogens (primary N) is 1. The Morgan fingerprint density at radius 1 is 0.860 bits per heavy atom. The van der Waals surface area contributed by atoms with Crippen LogP contribution in [0.2, 0.25) is 0 Å². The molecule has 318 valence electrons. The molecule has 1 aromatic carbocycles. The molecule has 1 unspecified atom stereocenters. The normalized spacial score (nSPS) is 15.7. The number of pyridine rings is 1. The van der Waals surface area contributed by atoms with Crippen LogP contribution in [0.5, 0.6) is 0 Å². The summed E-state index contributed by atoms with van der Waals surface area (Å²) < 4.78 is 17.0. The fourth-order valence-corrected chi connectivity index (χ4v) is 5.71. The first kappa shape index (κ1) is 46.8. The van der Waals surface area contributed by atoms with E-state index in [1.165, 1.54) is 12.1 Å². The standard InChI is InChI=1S/C39H63N9O9/c1-39(2,3)57-38(53)46-22-24-54-23-21-45-35(50)30(43-19-9-16-40)13-8-17-42-18-10-20-44-36(51)33-15-14-29(34(49)47-32-27-55-26-31(32)41-4)37(52)48(33)56-25-28-11-6-5-7-12-28/h5-7,11-12,14-15,30-32,41-43H,8-10,13,16-27,40H2,1-4H3,(H,44,51)(H,45,50)(H,46,53)(H,47,49)/t30?,31-,32+/m0/s1. The van der Waals surface area contributed by atoms with E-state index in [9.17, 15) is 24.0 Å². The van der Waals surface area contributed by atoms with Crippen LogP contribution >= 0.6 is 0 Å². The molecule has 4 amide bonds. The maximum absolute atomic E-state index is 13.6. The van der Waals surface area contributed by atoms with Crippen LogP contribution in [-0.4, -0.2) is 132 Å². The zero-order valence-electron chi connectivity index (χ0n) is 33.8. The van der Waals surface area contributed by atoms with Gasteiger partial charge in [-0.3, -0.25) is 19.2 Å². The van der Waals surface area contributed by atoms with Crippen molar-refractivity contribution in [3.63, 3.8) is 0 Å². The average molecular weight is 802 g/mol. The minimum Gasteiger partial charge on any atom is -0.444 e. The number of hydrogen-bond acceptors (Lipinski definition) is 13. The third-order valence-electron chi connectivity index (χ3n) is 8.70. The van der Waals surface area contributed by atoms with Crippen molar-refractivity contribution in [1.82, 2.24) is 41.9 Å². The molecule has 57 heavy (non-hydrogen) atoms. The Bertz CT molecular complexity index is 1590. The Labute approximate surface area is 335 Å². The summed E-state index contributed by atoms with van der Waals surface area (Å²) >= 11 is 0. The van der Waals surface area contributed by atoms with Gasteiger partial charge < -0.3 is 62.0 Å². The molecule has 1 fully saturated rings. The molecule has 0 saturated carbocycles. The number of hydrogen-bond donors (Lipinski definition) is 8. The molecule has 0 bridgehead atoms. The third-order valence-corrected chi connectivity index (χ3v) is 8.70. The number of benzene rings is 1. The van der Waals surface area contributed by atoms with E-state index in [0.29, 0.717) is 78.5 Å². The molecule has 3 atom stereocenters. The zero-order chi connectivity index (χ0) is 41.5. The number of likely N-dealkylation sites (N-methyl/N-ethyl adjacent to an activating group) is 1. The van der Waals surface area contributed by atoms with Crippen molar-refractivity contribution in [3.8, 4) is 0 Å². The van der Waals surface area contributed by atoms with Gasteiger partial charge in [-0.25, -0.2) is 4.79 Å². The molecule has 9 N–H and O–H groups in total. The fourth-order valence-electron chi connectivity index (χ4n) is 5.71. The number of carbonyl (C=O) groups excluding carboxylic acids is 4. The van der Waals surface area contributed by atoms with Crippen LogP contribution in [0.4, 0.5) is 4.79 Å². The van der Waals surface area contributed by atoms with Crippen molar-refractivity contribution in [1.29, 1.82) is 0 Å². The minimum atomic E-state index is -0.750. The van der Waals surface area contributed by atoms with E-state index in [0.717, 1.165) is 23.1 Å². The maximum atomic E-state index is 13.6. The van der Waals surface area contributed by atoms with Gasteiger partial charge in [0.05, 0.1) is 44.6 Å². The lowest BCUT2D eigenvalue weighted by atomic mass is 10.1. The van der Waals surface area contributed by atoms with Gasteiger partial charge in [-0.15, -0.1) is 4.73 Å². The summed E-state index contributed by atoms with van der Waals surface area (Å²) in [5.41, 5.74) is 4.90. The molecule has 0 spiro atoms. The second-order valence-corrected chi connectivity index (χ2v) is 14.5. The van der Waals surface area contributed by atoms with Gasteiger partial charge in [0, 0.05) is 19.6 Å². The predicted molar refractivity (Wildman–Crippen MR) is 215 cm³/mol. The Morgan fingerprint density at radius 2 is 1.58 bits per heavy atom.